The van der Waals surface area contributed by atoms with Crippen molar-refractivity contribution in [3.8, 4) is 0 Å². The maximum absolute atomic E-state index is 7.46. The van der Waals surface area contributed by atoms with E-state index in [2.05, 4.69) is 0 Å². The Morgan fingerprint density at radius 3 is 2.82 bits per heavy atom. The van der Waals surface area contributed by atoms with Crippen molar-refractivity contribution in [3.63, 3.8) is 0 Å². The molecule has 1 unspecified atom stereocenters. The zero-order valence-corrected chi connectivity index (χ0v) is 11.1. The third-order valence-corrected chi connectivity index (χ3v) is 3.45. The topological polar surface area (TPSA) is 68.3 Å². The van der Waals surface area contributed by atoms with Gasteiger partial charge in [-0.3, -0.25) is 5.41 Å². The Morgan fingerprint density at radius 2 is 2.24 bits per heavy atom. The number of rotatable bonds is 8. The highest BCUT2D eigenvalue weighted by atomic mass is 16.5. The molecule has 1 aliphatic rings. The Hall–Kier alpha value is -0.610. The van der Waals surface area contributed by atoms with Gasteiger partial charge < -0.3 is 15.2 Å². The van der Waals surface area contributed by atoms with Crippen molar-refractivity contribution < 1.29 is 9.47 Å². The van der Waals surface area contributed by atoms with Gasteiger partial charge in [0.15, 0.2) is 0 Å². The van der Waals surface area contributed by atoms with Crippen LogP contribution in [-0.2, 0) is 9.47 Å². The van der Waals surface area contributed by atoms with E-state index in [-0.39, 0.29) is 11.3 Å². The summed E-state index contributed by atoms with van der Waals surface area (Å²) in [6.45, 7) is 7.43. The molecule has 4 heteroatoms. The van der Waals surface area contributed by atoms with E-state index in [1.807, 2.05) is 13.8 Å². The Morgan fingerprint density at radius 1 is 1.47 bits per heavy atom. The Kier molecular flexibility index (Phi) is 5.92. The summed E-state index contributed by atoms with van der Waals surface area (Å²) in [7, 11) is 0. The van der Waals surface area contributed by atoms with Crippen molar-refractivity contribution in [1.82, 2.24) is 0 Å². The molecule has 0 aliphatic carbocycles. The lowest BCUT2D eigenvalue weighted by Gasteiger charge is -2.22. The Balaban J connectivity index is 1.95. The highest BCUT2D eigenvalue weighted by Gasteiger charge is 2.20. The molecule has 0 bridgehead atoms. The van der Waals surface area contributed by atoms with Crippen LogP contribution in [0.15, 0.2) is 0 Å². The summed E-state index contributed by atoms with van der Waals surface area (Å²) in [4.78, 5) is 0. The summed E-state index contributed by atoms with van der Waals surface area (Å²) in [5.74, 6) is 0.880. The number of hydrogen-bond donors (Lipinski definition) is 2. The molecule has 3 N–H and O–H groups in total. The van der Waals surface area contributed by atoms with Gasteiger partial charge in [-0.05, 0) is 19.3 Å². The molecular weight excluding hydrogens is 216 g/mol. The second kappa shape index (κ2) is 6.97. The minimum Gasteiger partial charge on any atom is -0.387 e. The van der Waals surface area contributed by atoms with Gasteiger partial charge in [0.2, 0.25) is 0 Å². The van der Waals surface area contributed by atoms with Gasteiger partial charge in [-0.25, -0.2) is 0 Å². The zero-order chi connectivity index (χ0) is 12.7. The second-order valence-corrected chi connectivity index (χ2v) is 5.56. The van der Waals surface area contributed by atoms with Crippen molar-refractivity contribution in [3.05, 3.63) is 0 Å². The molecule has 1 heterocycles. The number of ether oxygens (including phenoxy) is 2. The van der Waals surface area contributed by atoms with Crippen molar-refractivity contribution in [2.24, 2.45) is 17.1 Å². The predicted molar refractivity (Wildman–Crippen MR) is 69.3 cm³/mol. The molecule has 1 rings (SSSR count). The number of nitrogens with one attached hydrogen (secondary N) is 1. The molecule has 100 valence electrons. The monoisotopic (exact) mass is 242 g/mol. The van der Waals surface area contributed by atoms with E-state index in [0.717, 1.165) is 52.1 Å². The van der Waals surface area contributed by atoms with Gasteiger partial charge >= 0.3 is 0 Å². The summed E-state index contributed by atoms with van der Waals surface area (Å²) in [6, 6.07) is 0. The molecule has 0 saturated carbocycles. The van der Waals surface area contributed by atoms with E-state index >= 15 is 0 Å². The van der Waals surface area contributed by atoms with Gasteiger partial charge in [0.05, 0.1) is 19.0 Å². The molecule has 0 spiro atoms. The van der Waals surface area contributed by atoms with Gasteiger partial charge in [0, 0.05) is 24.5 Å². The molecule has 0 radical (unpaired) electrons. The zero-order valence-electron chi connectivity index (χ0n) is 11.1. The molecule has 17 heavy (non-hydrogen) atoms. The summed E-state index contributed by atoms with van der Waals surface area (Å²) in [5.41, 5.74) is 5.36. The normalized spacial score (nSPS) is 20.7. The van der Waals surface area contributed by atoms with Crippen LogP contribution in [0.2, 0.25) is 0 Å². The maximum atomic E-state index is 7.46. The number of unbranched alkanes of at least 4 members (excludes halogenated alkanes) is 1. The fraction of sp³-hybridized carbons (Fsp3) is 0.923. The highest BCUT2D eigenvalue weighted by Crippen LogP contribution is 2.22. The van der Waals surface area contributed by atoms with Crippen LogP contribution in [0.25, 0.3) is 0 Å². The molecule has 1 saturated heterocycles. The van der Waals surface area contributed by atoms with Crippen LogP contribution in [0.3, 0.4) is 0 Å². The maximum Gasteiger partial charge on any atom is 0.0963 e. The average Bonchev–Trinajstić information content (AvgIpc) is 2.75. The molecule has 0 aromatic carbocycles. The third kappa shape index (κ3) is 5.50. The van der Waals surface area contributed by atoms with E-state index in [1.54, 1.807) is 0 Å². The summed E-state index contributed by atoms with van der Waals surface area (Å²) >= 11 is 0. The molecule has 1 fully saturated rings. The lowest BCUT2D eigenvalue weighted by Crippen LogP contribution is -2.30. The summed E-state index contributed by atoms with van der Waals surface area (Å²) < 4.78 is 10.9. The van der Waals surface area contributed by atoms with Crippen LogP contribution in [0.5, 0.6) is 0 Å². The van der Waals surface area contributed by atoms with Crippen molar-refractivity contribution in [2.75, 3.05) is 26.4 Å². The first kappa shape index (κ1) is 14.5. The standard InChI is InChI=1S/C13H26N2O2/c1-13(2,12(14)15)6-3-4-7-16-9-11-5-8-17-10-11/h11H,3-10H2,1-2H3,(H3,14,15). The Bertz CT molecular complexity index is 236. The smallest absolute Gasteiger partial charge is 0.0963 e. The Labute approximate surface area is 104 Å². The molecular formula is C13H26N2O2. The second-order valence-electron chi connectivity index (χ2n) is 5.56. The highest BCUT2D eigenvalue weighted by molar-refractivity contribution is 5.82. The van der Waals surface area contributed by atoms with E-state index in [4.69, 9.17) is 20.6 Å². The summed E-state index contributed by atoms with van der Waals surface area (Å²) in [5, 5.41) is 7.46. The molecule has 1 aliphatic heterocycles. The van der Waals surface area contributed by atoms with Crippen LogP contribution in [0.4, 0.5) is 0 Å². The van der Waals surface area contributed by atoms with Gasteiger partial charge in [0.1, 0.15) is 0 Å². The molecule has 0 aromatic rings. The average molecular weight is 242 g/mol. The molecule has 1 atom stereocenters. The number of amidine groups is 1. The molecule has 0 aromatic heterocycles. The molecule has 4 nitrogen and oxygen atoms in total. The van der Waals surface area contributed by atoms with Crippen LogP contribution in [0.1, 0.15) is 39.5 Å². The van der Waals surface area contributed by atoms with Crippen molar-refractivity contribution in [2.45, 2.75) is 39.5 Å². The molecule has 0 amide bonds. The van der Waals surface area contributed by atoms with Crippen LogP contribution in [0, 0.1) is 16.7 Å². The van der Waals surface area contributed by atoms with Crippen LogP contribution in [-0.4, -0.2) is 32.3 Å². The van der Waals surface area contributed by atoms with E-state index in [0.29, 0.717) is 5.92 Å². The minimum atomic E-state index is -0.167. The van der Waals surface area contributed by atoms with Crippen molar-refractivity contribution >= 4 is 5.84 Å². The minimum absolute atomic E-state index is 0.167. The van der Waals surface area contributed by atoms with E-state index in [9.17, 15) is 0 Å². The number of hydrogen-bond acceptors (Lipinski definition) is 3. The van der Waals surface area contributed by atoms with E-state index in [1.165, 1.54) is 0 Å². The lowest BCUT2D eigenvalue weighted by molar-refractivity contribution is 0.0864. The van der Waals surface area contributed by atoms with E-state index < -0.39 is 0 Å². The number of nitrogens with two attached hydrogens (primary N) is 1. The quantitative estimate of drug-likeness (QED) is 0.389. The third-order valence-electron chi connectivity index (χ3n) is 3.45. The van der Waals surface area contributed by atoms with Crippen LogP contribution >= 0.6 is 0 Å². The largest absolute Gasteiger partial charge is 0.387 e. The first-order valence-electron chi connectivity index (χ1n) is 6.52. The predicted octanol–water partition coefficient (Wildman–Crippen LogP) is 2.17. The lowest BCUT2D eigenvalue weighted by atomic mass is 9.86. The van der Waals surface area contributed by atoms with Gasteiger partial charge in [0.25, 0.3) is 0 Å². The fourth-order valence-electron chi connectivity index (χ4n) is 1.87. The van der Waals surface area contributed by atoms with Crippen molar-refractivity contribution in [1.29, 1.82) is 5.41 Å². The van der Waals surface area contributed by atoms with Gasteiger partial charge in [-0.2, -0.15) is 0 Å². The summed E-state index contributed by atoms with van der Waals surface area (Å²) in [6.07, 6.45) is 4.20. The van der Waals surface area contributed by atoms with Gasteiger partial charge in [-0.15, -0.1) is 0 Å². The SMILES string of the molecule is CC(C)(CCCCOCC1CCOC1)C(=N)N. The fourth-order valence-corrected chi connectivity index (χ4v) is 1.87. The van der Waals surface area contributed by atoms with Crippen LogP contribution < -0.4 is 5.73 Å². The first-order valence-corrected chi connectivity index (χ1v) is 6.52. The van der Waals surface area contributed by atoms with Gasteiger partial charge in [-0.1, -0.05) is 20.3 Å². The first-order chi connectivity index (χ1) is 8.02.